The number of hydrogen-bond donors (Lipinski definition) is 0. The fourth-order valence-electron chi connectivity index (χ4n) is 3.08. The summed E-state index contributed by atoms with van der Waals surface area (Å²) in [5.74, 6) is 0.141. The van der Waals surface area contributed by atoms with Crippen LogP contribution in [0, 0.1) is 6.92 Å². The average molecular weight is 359 g/mol. The first-order valence-electron chi connectivity index (χ1n) is 9.17. The van der Waals surface area contributed by atoms with Gasteiger partial charge in [-0.2, -0.15) is 0 Å². The van der Waals surface area contributed by atoms with Crippen molar-refractivity contribution in [3.05, 3.63) is 35.4 Å². The summed E-state index contributed by atoms with van der Waals surface area (Å²) >= 11 is 0. The van der Waals surface area contributed by atoms with Crippen LogP contribution in [0.25, 0.3) is 0 Å². The molecule has 1 heterocycles. The van der Waals surface area contributed by atoms with Gasteiger partial charge in [0.05, 0.1) is 0 Å². The third kappa shape index (κ3) is 5.66. The Morgan fingerprint density at radius 3 is 1.96 bits per heavy atom. The van der Waals surface area contributed by atoms with Gasteiger partial charge in [0.15, 0.2) is 5.78 Å². The van der Waals surface area contributed by atoms with Gasteiger partial charge in [-0.25, -0.2) is 0 Å². The highest BCUT2D eigenvalue weighted by Crippen LogP contribution is 2.13. The number of ketones is 1. The van der Waals surface area contributed by atoms with E-state index in [1.165, 1.54) is 0 Å². The minimum Gasteiger partial charge on any atom is -0.339 e. The second-order valence-corrected chi connectivity index (χ2v) is 7.05. The van der Waals surface area contributed by atoms with E-state index in [1.807, 2.05) is 49.0 Å². The van der Waals surface area contributed by atoms with E-state index in [1.54, 1.807) is 11.0 Å². The molecule has 0 N–H and O–H groups in total. The van der Waals surface area contributed by atoms with Crippen LogP contribution >= 0.6 is 0 Å². The summed E-state index contributed by atoms with van der Waals surface area (Å²) in [4.78, 5) is 42.4. The number of amides is 2. The lowest BCUT2D eigenvalue weighted by atomic mass is 10.0. The number of benzene rings is 1. The standard InChI is InChI=1S/C20H29N3O3/c1-16-6-4-5-7-17(16)18(24)8-9-19(25)22-12-14-23(15-13-22)20(26)10-11-21(2)3/h4-7H,8-15H2,1-3H3. The predicted octanol–water partition coefficient (Wildman–Crippen LogP) is 1.58. The molecule has 0 unspecified atom stereocenters. The first-order chi connectivity index (χ1) is 12.4. The lowest BCUT2D eigenvalue weighted by Gasteiger charge is -2.35. The molecule has 1 saturated heterocycles. The van der Waals surface area contributed by atoms with Crippen molar-refractivity contribution in [1.29, 1.82) is 0 Å². The number of carbonyl (C=O) groups excluding carboxylic acids is 3. The molecule has 0 aromatic heterocycles. The summed E-state index contributed by atoms with van der Waals surface area (Å²) in [7, 11) is 3.89. The summed E-state index contributed by atoms with van der Waals surface area (Å²) in [5, 5.41) is 0. The second-order valence-electron chi connectivity index (χ2n) is 7.05. The van der Waals surface area contributed by atoms with Gasteiger partial charge in [0.2, 0.25) is 11.8 Å². The minimum atomic E-state index is -0.00711. The minimum absolute atomic E-state index is 0.00711. The van der Waals surface area contributed by atoms with Crippen molar-refractivity contribution in [1.82, 2.24) is 14.7 Å². The molecule has 0 atom stereocenters. The maximum Gasteiger partial charge on any atom is 0.223 e. The summed E-state index contributed by atoms with van der Waals surface area (Å²) in [6, 6.07) is 7.45. The number of piperazine rings is 1. The van der Waals surface area contributed by atoms with Crippen LogP contribution < -0.4 is 0 Å². The third-order valence-corrected chi connectivity index (χ3v) is 4.77. The van der Waals surface area contributed by atoms with Crippen molar-refractivity contribution < 1.29 is 14.4 Å². The molecule has 26 heavy (non-hydrogen) atoms. The number of carbonyl (C=O) groups is 3. The Hall–Kier alpha value is -2.21. The van der Waals surface area contributed by atoms with Crippen LogP contribution in [-0.2, 0) is 9.59 Å². The SMILES string of the molecule is Cc1ccccc1C(=O)CCC(=O)N1CCN(C(=O)CCN(C)C)CC1. The highest BCUT2D eigenvalue weighted by atomic mass is 16.2. The first-order valence-corrected chi connectivity index (χ1v) is 9.17. The molecule has 0 spiro atoms. The van der Waals surface area contributed by atoms with Gasteiger partial charge in [-0.3, -0.25) is 14.4 Å². The number of hydrogen-bond acceptors (Lipinski definition) is 4. The highest BCUT2D eigenvalue weighted by molar-refractivity contribution is 5.99. The molecule has 6 heteroatoms. The fraction of sp³-hybridized carbons (Fsp3) is 0.550. The number of Topliss-reactive ketones (excluding diaryl/α,β-unsaturated/α-hetero) is 1. The van der Waals surface area contributed by atoms with Crippen molar-refractivity contribution in [2.75, 3.05) is 46.8 Å². The van der Waals surface area contributed by atoms with E-state index in [0.717, 1.165) is 12.1 Å². The quantitative estimate of drug-likeness (QED) is 0.694. The lowest BCUT2D eigenvalue weighted by Crippen LogP contribution is -2.50. The van der Waals surface area contributed by atoms with E-state index in [9.17, 15) is 14.4 Å². The molecule has 2 amide bonds. The Morgan fingerprint density at radius 1 is 0.885 bits per heavy atom. The van der Waals surface area contributed by atoms with Crippen molar-refractivity contribution in [2.45, 2.75) is 26.2 Å². The Labute approximate surface area is 155 Å². The van der Waals surface area contributed by atoms with Gasteiger partial charge in [0.25, 0.3) is 0 Å². The normalized spacial score (nSPS) is 14.6. The van der Waals surface area contributed by atoms with E-state index in [2.05, 4.69) is 0 Å². The molecule has 1 aliphatic heterocycles. The highest BCUT2D eigenvalue weighted by Gasteiger charge is 2.24. The fourth-order valence-corrected chi connectivity index (χ4v) is 3.08. The van der Waals surface area contributed by atoms with E-state index >= 15 is 0 Å². The van der Waals surface area contributed by atoms with E-state index in [4.69, 9.17) is 0 Å². The maximum absolute atomic E-state index is 12.4. The molecular formula is C20H29N3O3. The van der Waals surface area contributed by atoms with E-state index in [0.29, 0.717) is 38.2 Å². The van der Waals surface area contributed by atoms with Gasteiger partial charge in [-0.1, -0.05) is 24.3 Å². The molecule has 0 radical (unpaired) electrons. The second kappa shape index (κ2) is 9.48. The van der Waals surface area contributed by atoms with Crippen molar-refractivity contribution in [3.63, 3.8) is 0 Å². The van der Waals surface area contributed by atoms with Crippen LogP contribution in [0.1, 0.15) is 35.2 Å². The smallest absolute Gasteiger partial charge is 0.223 e. The molecule has 2 rings (SSSR count). The molecule has 1 aliphatic rings. The Kier molecular flexibility index (Phi) is 7.33. The van der Waals surface area contributed by atoms with Crippen LogP contribution in [0.2, 0.25) is 0 Å². The number of aryl methyl sites for hydroxylation is 1. The van der Waals surface area contributed by atoms with Crippen LogP contribution in [-0.4, -0.2) is 79.1 Å². The van der Waals surface area contributed by atoms with Gasteiger partial charge in [0.1, 0.15) is 0 Å². The molecule has 0 aliphatic carbocycles. The van der Waals surface area contributed by atoms with Crippen LogP contribution in [0.3, 0.4) is 0 Å². The van der Waals surface area contributed by atoms with Crippen molar-refractivity contribution in [3.8, 4) is 0 Å². The van der Waals surface area contributed by atoms with E-state index < -0.39 is 0 Å². The molecule has 0 bridgehead atoms. The Bertz CT molecular complexity index is 649. The third-order valence-electron chi connectivity index (χ3n) is 4.77. The number of rotatable bonds is 7. The van der Waals surface area contributed by atoms with Gasteiger partial charge < -0.3 is 14.7 Å². The topological polar surface area (TPSA) is 60.9 Å². The molecule has 6 nitrogen and oxygen atoms in total. The monoisotopic (exact) mass is 359 g/mol. The first kappa shape index (κ1) is 20.1. The van der Waals surface area contributed by atoms with Gasteiger partial charge in [-0.15, -0.1) is 0 Å². The lowest BCUT2D eigenvalue weighted by molar-refractivity contribution is -0.139. The molecule has 142 valence electrons. The number of nitrogens with zero attached hydrogens (tertiary/aromatic N) is 3. The average Bonchev–Trinajstić information content (AvgIpc) is 2.64. The molecule has 0 saturated carbocycles. The van der Waals surface area contributed by atoms with Crippen LogP contribution in [0.5, 0.6) is 0 Å². The summed E-state index contributed by atoms with van der Waals surface area (Å²) in [6.07, 6.45) is 0.958. The maximum atomic E-state index is 12.4. The Balaban J connectivity index is 1.75. The molecule has 1 aromatic rings. The van der Waals surface area contributed by atoms with Gasteiger partial charge >= 0.3 is 0 Å². The van der Waals surface area contributed by atoms with Crippen molar-refractivity contribution >= 4 is 17.6 Å². The zero-order chi connectivity index (χ0) is 19.1. The van der Waals surface area contributed by atoms with Gasteiger partial charge in [-0.05, 0) is 26.6 Å². The molecule has 1 aromatic carbocycles. The Morgan fingerprint density at radius 2 is 1.42 bits per heavy atom. The van der Waals surface area contributed by atoms with Crippen LogP contribution in [0.15, 0.2) is 24.3 Å². The summed E-state index contributed by atoms with van der Waals surface area (Å²) in [6.45, 7) is 4.88. The molecule has 1 fully saturated rings. The zero-order valence-electron chi connectivity index (χ0n) is 16.0. The van der Waals surface area contributed by atoms with Crippen LogP contribution in [0.4, 0.5) is 0 Å². The van der Waals surface area contributed by atoms with Gasteiger partial charge in [0, 0.05) is 57.5 Å². The van der Waals surface area contributed by atoms with E-state index in [-0.39, 0.29) is 30.4 Å². The summed E-state index contributed by atoms with van der Waals surface area (Å²) in [5.41, 5.74) is 1.63. The van der Waals surface area contributed by atoms with Crippen molar-refractivity contribution in [2.24, 2.45) is 0 Å². The predicted molar refractivity (Wildman–Crippen MR) is 101 cm³/mol. The largest absolute Gasteiger partial charge is 0.339 e. The summed E-state index contributed by atoms with van der Waals surface area (Å²) < 4.78 is 0. The molecular weight excluding hydrogens is 330 g/mol. The zero-order valence-corrected chi connectivity index (χ0v) is 16.0.